The van der Waals surface area contributed by atoms with Crippen molar-refractivity contribution in [2.45, 2.75) is 94.0 Å². The third-order valence-corrected chi connectivity index (χ3v) is 6.07. The maximum absolute atomic E-state index is 12.6. The first-order valence-corrected chi connectivity index (χ1v) is 13.6. The minimum atomic E-state index is -4.11. The van der Waals surface area contributed by atoms with E-state index < -0.39 is 12.1 Å². The van der Waals surface area contributed by atoms with Gasteiger partial charge in [0.1, 0.15) is 0 Å². The molecule has 1 unspecified atom stereocenters. The lowest BCUT2D eigenvalue weighted by molar-refractivity contribution is -0.171. The van der Waals surface area contributed by atoms with Gasteiger partial charge < -0.3 is 0 Å². The summed E-state index contributed by atoms with van der Waals surface area (Å²) in [6.45, 7) is 20.9. The van der Waals surface area contributed by atoms with E-state index in [9.17, 15) is 13.2 Å². The second kappa shape index (κ2) is 16.3. The van der Waals surface area contributed by atoms with Gasteiger partial charge in [0.25, 0.3) is 0 Å². The molecule has 0 fully saturated rings. The molecule has 1 aromatic carbocycles. The molecule has 0 aliphatic heterocycles. The first kappa shape index (κ1) is 33.5. The topological polar surface area (TPSA) is 16.1 Å². The highest BCUT2D eigenvalue weighted by Crippen LogP contribution is 2.29. The highest BCUT2D eigenvalue weighted by atomic mass is 32.2. The van der Waals surface area contributed by atoms with Crippen LogP contribution in [0.25, 0.3) is 0 Å². The maximum Gasteiger partial charge on any atom is 0.392 e. The molecule has 1 atom stereocenters. The van der Waals surface area contributed by atoms with Crippen LogP contribution in [-0.2, 0) is 12.2 Å². The fourth-order valence-corrected chi connectivity index (χ4v) is 4.44. The van der Waals surface area contributed by atoms with Gasteiger partial charge >= 0.3 is 6.18 Å². The number of benzene rings is 1. The van der Waals surface area contributed by atoms with Crippen LogP contribution in [0.3, 0.4) is 0 Å². The smallest absolute Gasteiger partial charge is 0.258 e. The Morgan fingerprint density at radius 2 is 1.51 bits per heavy atom. The molecule has 0 amide bonds. The third kappa shape index (κ3) is 16.0. The number of aromatic nitrogens is 1. The first-order chi connectivity index (χ1) is 16.2. The Morgan fingerprint density at radius 3 is 1.97 bits per heavy atom. The maximum atomic E-state index is 12.6. The Kier molecular flexibility index (Phi) is 15.5. The van der Waals surface area contributed by atoms with Crippen LogP contribution in [0.2, 0.25) is 0 Å². The van der Waals surface area contributed by atoms with Crippen LogP contribution in [0.15, 0.2) is 36.4 Å². The van der Waals surface area contributed by atoms with Crippen molar-refractivity contribution in [2.24, 2.45) is 11.3 Å². The van der Waals surface area contributed by atoms with Gasteiger partial charge in [-0.2, -0.15) is 13.2 Å². The molecular weight excluding hydrogens is 465 g/mol. The molecule has 2 aromatic rings. The van der Waals surface area contributed by atoms with Crippen LogP contribution in [0.5, 0.6) is 0 Å². The van der Waals surface area contributed by atoms with E-state index in [0.717, 1.165) is 24.1 Å². The van der Waals surface area contributed by atoms with Crippen molar-refractivity contribution >= 4 is 11.9 Å². The van der Waals surface area contributed by atoms with E-state index in [1.165, 1.54) is 35.7 Å². The van der Waals surface area contributed by atoms with E-state index in [2.05, 4.69) is 51.7 Å². The van der Waals surface area contributed by atoms with E-state index in [1.807, 2.05) is 56.3 Å². The van der Waals surface area contributed by atoms with Gasteiger partial charge in [-0.1, -0.05) is 90.2 Å². The molecule has 200 valence electrons. The van der Waals surface area contributed by atoms with Gasteiger partial charge in [0.05, 0.1) is 5.92 Å². The molecule has 0 saturated heterocycles. The predicted octanol–water partition coefficient (Wildman–Crippen LogP) is 9.37. The molecule has 0 saturated carbocycles. The average molecular weight is 513 g/mol. The summed E-state index contributed by atoms with van der Waals surface area (Å²) in [4.78, 5) is 4.52. The molecule has 0 bridgehead atoms. The second-order valence-corrected chi connectivity index (χ2v) is 11.2. The van der Waals surface area contributed by atoms with Crippen LogP contribution in [0.1, 0.15) is 83.0 Å². The SMILES string of the molecule is CC.CCCN(CC(C)C(F)(F)F)SCc1ccc(C)cc1.Cc1cc(C)nc(CC(C)(C)C)c1. The summed E-state index contributed by atoms with van der Waals surface area (Å²) < 4.78 is 39.7. The standard InChI is InChI=1S/C15H22F3NS.C12H19N.C2H6/c1-4-9-19(10-13(3)15(16,17)18)20-11-14-7-5-12(2)6-8-14;1-9-6-10(2)13-11(7-9)8-12(3,4)5;1-2/h5-8,13H,4,9-11H2,1-3H3;6-7H,8H2,1-5H3;1-2H3. The Morgan fingerprint density at radius 1 is 0.943 bits per heavy atom. The first-order valence-electron chi connectivity index (χ1n) is 12.6. The van der Waals surface area contributed by atoms with Gasteiger partial charge in [-0.15, -0.1) is 0 Å². The van der Waals surface area contributed by atoms with Gasteiger partial charge in [0.15, 0.2) is 0 Å². The molecule has 0 radical (unpaired) electrons. The third-order valence-electron chi connectivity index (χ3n) is 4.91. The molecule has 0 N–H and O–H groups in total. The minimum absolute atomic E-state index is 0.0495. The van der Waals surface area contributed by atoms with Crippen LogP contribution < -0.4 is 0 Å². The monoisotopic (exact) mass is 512 g/mol. The molecule has 2 nitrogen and oxygen atoms in total. The van der Waals surface area contributed by atoms with Gasteiger partial charge in [0, 0.05) is 30.2 Å². The molecule has 35 heavy (non-hydrogen) atoms. The van der Waals surface area contributed by atoms with Crippen molar-refractivity contribution in [1.29, 1.82) is 0 Å². The van der Waals surface area contributed by atoms with E-state index >= 15 is 0 Å². The zero-order valence-corrected chi connectivity index (χ0v) is 24.3. The fraction of sp³-hybridized carbons (Fsp3) is 0.621. The Bertz CT molecular complexity index is 807. The van der Waals surface area contributed by atoms with Crippen LogP contribution in [0.4, 0.5) is 13.2 Å². The largest absolute Gasteiger partial charge is 0.392 e. The number of pyridine rings is 1. The van der Waals surface area contributed by atoms with Crippen LogP contribution in [0, 0.1) is 32.1 Å². The van der Waals surface area contributed by atoms with Crippen molar-refractivity contribution < 1.29 is 13.2 Å². The number of aryl methyl sites for hydroxylation is 3. The number of halogens is 3. The zero-order valence-electron chi connectivity index (χ0n) is 23.5. The van der Waals surface area contributed by atoms with E-state index in [0.29, 0.717) is 17.7 Å². The van der Waals surface area contributed by atoms with Gasteiger partial charge in [-0.25, -0.2) is 4.31 Å². The minimum Gasteiger partial charge on any atom is -0.258 e. The zero-order chi connectivity index (χ0) is 27.2. The molecule has 1 heterocycles. The predicted molar refractivity (Wildman–Crippen MR) is 148 cm³/mol. The molecule has 6 heteroatoms. The average Bonchev–Trinajstić information content (AvgIpc) is 2.72. The Balaban J connectivity index is 0.000000665. The lowest BCUT2D eigenvalue weighted by Gasteiger charge is -2.25. The Labute approximate surface area is 217 Å². The summed E-state index contributed by atoms with van der Waals surface area (Å²) in [5.41, 5.74) is 6.31. The summed E-state index contributed by atoms with van der Waals surface area (Å²) in [5.74, 6) is -0.579. The highest BCUT2D eigenvalue weighted by Gasteiger charge is 2.36. The highest BCUT2D eigenvalue weighted by molar-refractivity contribution is 7.96. The van der Waals surface area contributed by atoms with Crippen LogP contribution in [-0.4, -0.2) is 28.6 Å². The molecule has 0 spiro atoms. The molecule has 0 aliphatic rings. The summed E-state index contributed by atoms with van der Waals surface area (Å²) in [6, 6.07) is 12.4. The van der Waals surface area contributed by atoms with Crippen LogP contribution >= 0.6 is 11.9 Å². The number of alkyl halides is 3. The number of hydrogen-bond acceptors (Lipinski definition) is 3. The van der Waals surface area contributed by atoms with E-state index in [4.69, 9.17) is 0 Å². The van der Waals surface area contributed by atoms with Crippen molar-refractivity contribution in [3.63, 3.8) is 0 Å². The van der Waals surface area contributed by atoms with Crippen molar-refractivity contribution in [3.8, 4) is 0 Å². The fourth-order valence-electron chi connectivity index (χ4n) is 3.28. The Hall–Kier alpha value is -1.53. The summed E-state index contributed by atoms with van der Waals surface area (Å²) >= 11 is 1.48. The van der Waals surface area contributed by atoms with Crippen molar-refractivity contribution in [3.05, 3.63) is 64.5 Å². The summed E-state index contributed by atoms with van der Waals surface area (Å²) in [7, 11) is 0. The molecule has 2 rings (SSSR count). The second-order valence-electron chi connectivity index (χ2n) is 10.1. The van der Waals surface area contributed by atoms with Crippen molar-refractivity contribution in [2.75, 3.05) is 13.1 Å². The quantitative estimate of drug-likeness (QED) is 0.328. The van der Waals surface area contributed by atoms with E-state index in [1.54, 1.807) is 0 Å². The van der Waals surface area contributed by atoms with Gasteiger partial charge in [-0.05, 0) is 62.3 Å². The van der Waals surface area contributed by atoms with E-state index in [-0.39, 0.29) is 6.54 Å². The van der Waals surface area contributed by atoms with Crippen molar-refractivity contribution in [1.82, 2.24) is 9.29 Å². The number of nitrogens with zero attached hydrogens (tertiary/aromatic N) is 2. The molecular formula is C29H47F3N2S. The van der Waals surface area contributed by atoms with Gasteiger partial charge in [0.2, 0.25) is 0 Å². The number of rotatable bonds is 8. The lowest BCUT2D eigenvalue weighted by atomic mass is 9.90. The lowest BCUT2D eigenvalue weighted by Crippen LogP contribution is -2.32. The molecule has 0 aliphatic carbocycles. The normalized spacial score (nSPS) is 12.4. The summed E-state index contributed by atoms with van der Waals surface area (Å²) in [5, 5.41) is 0. The molecule has 1 aromatic heterocycles. The van der Waals surface area contributed by atoms with Gasteiger partial charge in [-0.3, -0.25) is 4.98 Å². The summed E-state index contributed by atoms with van der Waals surface area (Å²) in [6.07, 6.45) is -2.21. The number of hydrogen-bond donors (Lipinski definition) is 0.